The van der Waals surface area contributed by atoms with Gasteiger partial charge < -0.3 is 0 Å². The fraction of sp³-hybridized carbons (Fsp3) is 0.400. The lowest BCUT2D eigenvalue weighted by atomic mass is 10.1. The molecule has 0 saturated heterocycles. The van der Waals surface area contributed by atoms with E-state index in [1.165, 1.54) is 11.3 Å². The van der Waals surface area contributed by atoms with E-state index in [1.807, 2.05) is 6.08 Å². The third-order valence-corrected chi connectivity index (χ3v) is 3.73. The molecule has 2 N–H and O–H groups in total. The van der Waals surface area contributed by atoms with Crippen LogP contribution in [0.5, 0.6) is 0 Å². The number of rotatable bonds is 2. The van der Waals surface area contributed by atoms with Gasteiger partial charge in [-0.3, -0.25) is 5.10 Å². The third-order valence-electron chi connectivity index (χ3n) is 3.73. The highest BCUT2D eigenvalue weighted by Gasteiger charge is 2.56. The predicted molar refractivity (Wildman–Crippen MR) is 55.4 cm³/mol. The zero-order valence-corrected chi connectivity index (χ0v) is 8.51. The van der Waals surface area contributed by atoms with Gasteiger partial charge in [0.15, 0.2) is 0 Å². The highest BCUT2D eigenvalue weighted by Crippen LogP contribution is 2.62. The molecule has 0 radical (unpaired) electrons. The molecule has 6 heteroatoms. The van der Waals surface area contributed by atoms with Gasteiger partial charge in [-0.25, -0.2) is 0 Å². The lowest BCUT2D eigenvalue weighted by Gasteiger charge is -1.98. The van der Waals surface area contributed by atoms with Crippen LogP contribution in [-0.2, 0) is 6.42 Å². The highest BCUT2D eigenvalue weighted by molar-refractivity contribution is 5.60. The van der Waals surface area contributed by atoms with E-state index in [4.69, 9.17) is 0 Å². The monoisotopic (exact) mass is 214 g/mol. The molecule has 16 heavy (non-hydrogen) atoms. The molecule has 0 aliphatic heterocycles. The minimum absolute atomic E-state index is 0.578. The zero-order chi connectivity index (χ0) is 10.7. The van der Waals surface area contributed by atoms with E-state index in [1.54, 1.807) is 0 Å². The summed E-state index contributed by atoms with van der Waals surface area (Å²) in [5.74, 6) is 2.52. The van der Waals surface area contributed by atoms with Crippen molar-refractivity contribution in [3.8, 4) is 11.5 Å². The molecule has 1 unspecified atom stereocenters. The van der Waals surface area contributed by atoms with Gasteiger partial charge in [-0.05, 0) is 23.5 Å². The Hall–Kier alpha value is -1.98. The second-order valence-corrected chi connectivity index (χ2v) is 4.41. The summed E-state index contributed by atoms with van der Waals surface area (Å²) in [6.45, 7) is 3.86. The van der Waals surface area contributed by atoms with Crippen LogP contribution in [0.2, 0.25) is 0 Å². The van der Waals surface area contributed by atoms with Gasteiger partial charge in [-0.1, -0.05) is 6.08 Å². The van der Waals surface area contributed by atoms with Crippen LogP contribution in [0.1, 0.15) is 17.2 Å². The van der Waals surface area contributed by atoms with Crippen LogP contribution in [0.25, 0.3) is 11.5 Å². The molecule has 2 aliphatic rings. The van der Waals surface area contributed by atoms with Crippen molar-refractivity contribution in [2.45, 2.75) is 12.3 Å². The Kier molecular flexibility index (Phi) is 1.32. The Balaban J connectivity index is 1.80. The van der Waals surface area contributed by atoms with Crippen molar-refractivity contribution in [3.05, 3.63) is 23.9 Å². The Morgan fingerprint density at radius 3 is 3.06 bits per heavy atom. The lowest BCUT2D eigenvalue weighted by Crippen LogP contribution is -1.92. The molecule has 2 aromatic heterocycles. The first-order valence-corrected chi connectivity index (χ1v) is 5.33. The van der Waals surface area contributed by atoms with Gasteiger partial charge in [0, 0.05) is 17.2 Å². The molecular weight excluding hydrogens is 204 g/mol. The molecule has 0 spiro atoms. The average Bonchev–Trinajstić information content (AvgIpc) is 2.73. The average molecular weight is 214 g/mol. The number of H-pyrrole nitrogens is 2. The van der Waals surface area contributed by atoms with E-state index in [0.717, 1.165) is 12.1 Å². The Bertz CT molecular complexity index is 554. The summed E-state index contributed by atoms with van der Waals surface area (Å²) >= 11 is 0. The highest BCUT2D eigenvalue weighted by atomic mass is 15.5. The van der Waals surface area contributed by atoms with Gasteiger partial charge in [-0.2, -0.15) is 10.3 Å². The van der Waals surface area contributed by atoms with Gasteiger partial charge >= 0.3 is 0 Å². The topological polar surface area (TPSA) is 83.1 Å². The van der Waals surface area contributed by atoms with Gasteiger partial charge in [0.25, 0.3) is 0 Å². The first-order chi connectivity index (χ1) is 7.90. The Labute approximate surface area is 91.1 Å². The molecule has 1 fully saturated rings. The number of hydrogen-bond acceptors (Lipinski definition) is 4. The quantitative estimate of drug-likeness (QED) is 0.719. The summed E-state index contributed by atoms with van der Waals surface area (Å²) in [4.78, 5) is 0. The van der Waals surface area contributed by atoms with E-state index in [2.05, 4.69) is 37.4 Å². The summed E-state index contributed by atoms with van der Waals surface area (Å²) in [5, 5.41) is 21.3. The molecular formula is C10H10N6. The number of aromatic amines is 2. The standard InChI is InChI=1S/C10H10N6/c1-2-4-5-3-6-8(7(4)5)11-12-9(6)10-13-15-16-14-10/h2,4-5,7H,1,3H2,(H,11,12)(H,13,14,15,16)/t4?,5-,7-/m0/s1. The van der Waals surface area contributed by atoms with Crippen molar-refractivity contribution >= 4 is 0 Å². The zero-order valence-electron chi connectivity index (χ0n) is 8.51. The maximum absolute atomic E-state index is 4.28. The second kappa shape index (κ2) is 2.58. The minimum Gasteiger partial charge on any atom is -0.281 e. The first kappa shape index (κ1) is 8.20. The van der Waals surface area contributed by atoms with Gasteiger partial charge in [0.2, 0.25) is 5.82 Å². The van der Waals surface area contributed by atoms with E-state index in [9.17, 15) is 0 Å². The van der Waals surface area contributed by atoms with E-state index >= 15 is 0 Å². The molecule has 80 valence electrons. The van der Waals surface area contributed by atoms with Crippen molar-refractivity contribution in [1.82, 2.24) is 30.8 Å². The van der Waals surface area contributed by atoms with Crippen LogP contribution in [0.15, 0.2) is 12.7 Å². The number of allylic oxidation sites excluding steroid dienone is 1. The molecule has 2 aliphatic carbocycles. The number of nitrogens with zero attached hydrogens (tertiary/aromatic N) is 4. The summed E-state index contributed by atoms with van der Waals surface area (Å²) in [5.41, 5.74) is 3.35. The van der Waals surface area contributed by atoms with Crippen LogP contribution >= 0.6 is 0 Å². The molecule has 2 heterocycles. The summed E-state index contributed by atoms with van der Waals surface area (Å²) in [7, 11) is 0. The lowest BCUT2D eigenvalue weighted by molar-refractivity contribution is 0.798. The predicted octanol–water partition coefficient (Wildman–Crippen LogP) is 0.661. The maximum Gasteiger partial charge on any atom is 0.225 e. The third kappa shape index (κ3) is 0.827. The van der Waals surface area contributed by atoms with Gasteiger partial charge in [0.1, 0.15) is 5.69 Å². The van der Waals surface area contributed by atoms with Gasteiger partial charge in [-0.15, -0.1) is 16.8 Å². The molecule has 6 nitrogen and oxygen atoms in total. The summed E-state index contributed by atoms with van der Waals surface area (Å²) in [6.07, 6.45) is 3.10. The maximum atomic E-state index is 4.28. The number of aromatic nitrogens is 6. The summed E-state index contributed by atoms with van der Waals surface area (Å²) in [6, 6.07) is 0. The molecule has 0 aromatic carbocycles. The number of nitrogens with one attached hydrogen (secondary N) is 2. The molecule has 0 amide bonds. The first-order valence-electron chi connectivity index (χ1n) is 5.33. The van der Waals surface area contributed by atoms with Gasteiger partial charge in [0.05, 0.1) is 0 Å². The SMILES string of the molecule is C=CC1[C@@H]2Cc3c(-c4nn[nH]n4)n[nH]c3[C@@H]12. The second-order valence-electron chi connectivity index (χ2n) is 4.41. The number of fused-ring (bicyclic) bond motifs is 3. The van der Waals surface area contributed by atoms with Crippen LogP contribution in [0.3, 0.4) is 0 Å². The smallest absolute Gasteiger partial charge is 0.225 e. The van der Waals surface area contributed by atoms with Crippen LogP contribution < -0.4 is 0 Å². The number of hydrogen-bond donors (Lipinski definition) is 2. The molecule has 0 bridgehead atoms. The minimum atomic E-state index is 0.578. The largest absolute Gasteiger partial charge is 0.281 e. The fourth-order valence-electron chi connectivity index (χ4n) is 2.94. The van der Waals surface area contributed by atoms with Crippen molar-refractivity contribution < 1.29 is 0 Å². The molecule has 1 saturated carbocycles. The van der Waals surface area contributed by atoms with Crippen LogP contribution in [0.4, 0.5) is 0 Å². The fourth-order valence-corrected chi connectivity index (χ4v) is 2.94. The van der Waals surface area contributed by atoms with E-state index in [-0.39, 0.29) is 0 Å². The molecule has 2 aromatic rings. The van der Waals surface area contributed by atoms with E-state index in [0.29, 0.717) is 23.6 Å². The number of tetrazole rings is 1. The van der Waals surface area contributed by atoms with Crippen molar-refractivity contribution in [2.24, 2.45) is 11.8 Å². The summed E-state index contributed by atoms with van der Waals surface area (Å²) < 4.78 is 0. The van der Waals surface area contributed by atoms with Crippen LogP contribution in [0, 0.1) is 11.8 Å². The molecule has 4 rings (SSSR count). The Morgan fingerprint density at radius 1 is 1.38 bits per heavy atom. The van der Waals surface area contributed by atoms with E-state index < -0.39 is 0 Å². The van der Waals surface area contributed by atoms with Crippen LogP contribution in [-0.4, -0.2) is 30.8 Å². The van der Waals surface area contributed by atoms with Crippen molar-refractivity contribution in [3.63, 3.8) is 0 Å². The normalized spacial score (nSPS) is 29.9. The molecule has 3 atom stereocenters. The Morgan fingerprint density at radius 2 is 2.31 bits per heavy atom. The van der Waals surface area contributed by atoms with Crippen molar-refractivity contribution in [2.75, 3.05) is 0 Å². The van der Waals surface area contributed by atoms with Crippen molar-refractivity contribution in [1.29, 1.82) is 0 Å².